The minimum atomic E-state index is -2.81. The summed E-state index contributed by atoms with van der Waals surface area (Å²) in [6, 6.07) is 0.372. The van der Waals surface area contributed by atoms with E-state index in [0.717, 1.165) is 32.4 Å². The van der Waals surface area contributed by atoms with Crippen LogP contribution in [-0.4, -0.2) is 46.2 Å². The zero-order valence-electron chi connectivity index (χ0n) is 10.7. The predicted molar refractivity (Wildman–Crippen MR) is 67.5 cm³/mol. The average Bonchev–Trinajstić information content (AvgIpc) is 2.25. The normalized spacial score (nSPS) is 13.9. The molecule has 0 aliphatic heterocycles. The topological polar surface area (TPSA) is 55.4 Å². The standard InChI is InChI=1S/C11H25NO3S/c1-4-12-11(8-9-15-3)7-6-10-16(13,14)5-2/h11-12H,4-10H2,1-3H3. The first-order valence-electron chi connectivity index (χ1n) is 5.98. The first-order chi connectivity index (χ1) is 7.55. The lowest BCUT2D eigenvalue weighted by atomic mass is 10.1. The zero-order valence-corrected chi connectivity index (χ0v) is 11.5. The molecule has 0 saturated carbocycles. The third kappa shape index (κ3) is 8.07. The van der Waals surface area contributed by atoms with Gasteiger partial charge in [-0.3, -0.25) is 0 Å². The van der Waals surface area contributed by atoms with Gasteiger partial charge in [0.05, 0.1) is 5.75 Å². The Kier molecular flexibility index (Phi) is 8.89. The molecular formula is C11H25NO3S. The van der Waals surface area contributed by atoms with Gasteiger partial charge in [-0.25, -0.2) is 8.42 Å². The molecule has 4 nitrogen and oxygen atoms in total. The Labute approximate surface area is 99.7 Å². The van der Waals surface area contributed by atoms with Gasteiger partial charge >= 0.3 is 0 Å². The Morgan fingerprint density at radius 3 is 2.44 bits per heavy atom. The molecule has 1 unspecified atom stereocenters. The third-order valence-corrected chi connectivity index (χ3v) is 4.40. The first-order valence-corrected chi connectivity index (χ1v) is 7.80. The summed E-state index contributed by atoms with van der Waals surface area (Å²) in [5.74, 6) is 0.551. The molecular weight excluding hydrogens is 226 g/mol. The summed E-state index contributed by atoms with van der Waals surface area (Å²) >= 11 is 0. The highest BCUT2D eigenvalue weighted by molar-refractivity contribution is 7.91. The predicted octanol–water partition coefficient (Wildman–Crippen LogP) is 1.22. The summed E-state index contributed by atoms with van der Waals surface area (Å²) < 4.78 is 27.6. The van der Waals surface area contributed by atoms with Crippen LogP contribution < -0.4 is 5.32 Å². The van der Waals surface area contributed by atoms with E-state index in [1.54, 1.807) is 14.0 Å². The second-order valence-electron chi connectivity index (χ2n) is 3.91. The lowest BCUT2D eigenvalue weighted by molar-refractivity contribution is 0.181. The van der Waals surface area contributed by atoms with Gasteiger partial charge in [0.25, 0.3) is 0 Å². The number of methoxy groups -OCH3 is 1. The molecule has 0 bridgehead atoms. The molecule has 0 rings (SSSR count). The van der Waals surface area contributed by atoms with Gasteiger partial charge in [-0.05, 0) is 25.8 Å². The highest BCUT2D eigenvalue weighted by Gasteiger charge is 2.11. The van der Waals surface area contributed by atoms with Crippen molar-refractivity contribution in [3.05, 3.63) is 0 Å². The van der Waals surface area contributed by atoms with Gasteiger partial charge in [-0.15, -0.1) is 0 Å². The van der Waals surface area contributed by atoms with Crippen LogP contribution in [0.25, 0.3) is 0 Å². The quantitative estimate of drug-likeness (QED) is 0.634. The Bertz CT molecular complexity index is 252. The van der Waals surface area contributed by atoms with E-state index in [2.05, 4.69) is 12.2 Å². The number of hydrogen-bond donors (Lipinski definition) is 1. The van der Waals surface area contributed by atoms with E-state index < -0.39 is 9.84 Å². The summed E-state index contributed by atoms with van der Waals surface area (Å²) in [7, 11) is -1.12. The summed E-state index contributed by atoms with van der Waals surface area (Å²) in [5, 5.41) is 3.35. The van der Waals surface area contributed by atoms with Gasteiger partial charge in [-0.1, -0.05) is 13.8 Å². The Hall–Kier alpha value is -0.130. The molecule has 16 heavy (non-hydrogen) atoms. The van der Waals surface area contributed by atoms with Crippen molar-refractivity contribution in [3.63, 3.8) is 0 Å². The van der Waals surface area contributed by atoms with Gasteiger partial charge in [0.2, 0.25) is 0 Å². The minimum absolute atomic E-state index is 0.247. The van der Waals surface area contributed by atoms with E-state index in [9.17, 15) is 8.42 Å². The van der Waals surface area contributed by atoms with Crippen molar-refractivity contribution in [2.75, 3.05) is 31.8 Å². The summed E-state index contributed by atoms with van der Waals surface area (Å²) in [6.45, 7) is 5.39. The maximum absolute atomic E-state index is 11.3. The Morgan fingerprint density at radius 2 is 1.94 bits per heavy atom. The van der Waals surface area contributed by atoms with Gasteiger partial charge in [0.15, 0.2) is 0 Å². The molecule has 0 aromatic heterocycles. The number of hydrogen-bond acceptors (Lipinski definition) is 4. The SMILES string of the molecule is CCNC(CCCS(=O)(=O)CC)CCOC. The van der Waals surface area contributed by atoms with Crippen molar-refractivity contribution < 1.29 is 13.2 Å². The summed E-state index contributed by atoms with van der Waals surface area (Å²) in [5.41, 5.74) is 0. The van der Waals surface area contributed by atoms with Crippen molar-refractivity contribution in [1.29, 1.82) is 0 Å². The largest absolute Gasteiger partial charge is 0.385 e. The van der Waals surface area contributed by atoms with Gasteiger partial charge in [0, 0.05) is 25.5 Å². The van der Waals surface area contributed by atoms with Gasteiger partial charge in [0.1, 0.15) is 9.84 Å². The molecule has 0 aromatic rings. The van der Waals surface area contributed by atoms with Gasteiger partial charge < -0.3 is 10.1 Å². The number of rotatable bonds is 10. The maximum atomic E-state index is 11.3. The molecule has 0 aliphatic rings. The van der Waals surface area contributed by atoms with Crippen molar-refractivity contribution in [2.24, 2.45) is 0 Å². The number of sulfone groups is 1. The van der Waals surface area contributed by atoms with Crippen LogP contribution in [0.5, 0.6) is 0 Å². The van der Waals surface area contributed by atoms with Crippen molar-refractivity contribution >= 4 is 9.84 Å². The second kappa shape index (κ2) is 8.96. The lowest BCUT2D eigenvalue weighted by Crippen LogP contribution is -2.30. The average molecular weight is 251 g/mol. The molecule has 1 atom stereocenters. The molecule has 98 valence electrons. The van der Waals surface area contributed by atoms with Crippen LogP contribution >= 0.6 is 0 Å². The summed E-state index contributed by atoms with van der Waals surface area (Å²) in [4.78, 5) is 0. The molecule has 0 heterocycles. The van der Waals surface area contributed by atoms with Crippen molar-refractivity contribution in [2.45, 2.75) is 39.2 Å². The van der Waals surface area contributed by atoms with E-state index >= 15 is 0 Å². The first kappa shape index (κ1) is 15.9. The molecule has 0 saturated heterocycles. The molecule has 5 heteroatoms. The van der Waals surface area contributed by atoms with Crippen LogP contribution in [0.2, 0.25) is 0 Å². The number of nitrogens with one attached hydrogen (secondary N) is 1. The molecule has 0 aromatic carbocycles. The van der Waals surface area contributed by atoms with Crippen molar-refractivity contribution in [1.82, 2.24) is 5.32 Å². The van der Waals surface area contributed by atoms with Crippen LogP contribution in [0.1, 0.15) is 33.1 Å². The molecule has 0 spiro atoms. The van der Waals surface area contributed by atoms with Crippen LogP contribution in [0, 0.1) is 0 Å². The third-order valence-electron chi connectivity index (χ3n) is 2.61. The molecule has 1 N–H and O–H groups in total. The highest BCUT2D eigenvalue weighted by atomic mass is 32.2. The van der Waals surface area contributed by atoms with Gasteiger partial charge in [-0.2, -0.15) is 0 Å². The molecule has 0 amide bonds. The van der Waals surface area contributed by atoms with E-state index in [1.165, 1.54) is 0 Å². The van der Waals surface area contributed by atoms with Crippen LogP contribution in [0.15, 0.2) is 0 Å². The Balaban J connectivity index is 3.83. The van der Waals surface area contributed by atoms with E-state index in [0.29, 0.717) is 11.8 Å². The van der Waals surface area contributed by atoms with E-state index in [4.69, 9.17) is 4.74 Å². The molecule has 0 radical (unpaired) electrons. The fraction of sp³-hybridized carbons (Fsp3) is 1.00. The van der Waals surface area contributed by atoms with E-state index in [1.807, 2.05) is 0 Å². The maximum Gasteiger partial charge on any atom is 0.150 e. The monoisotopic (exact) mass is 251 g/mol. The van der Waals surface area contributed by atoms with Crippen LogP contribution in [-0.2, 0) is 14.6 Å². The smallest absolute Gasteiger partial charge is 0.150 e. The lowest BCUT2D eigenvalue weighted by Gasteiger charge is -2.17. The molecule has 0 fully saturated rings. The number of ether oxygens (including phenoxy) is 1. The second-order valence-corrected chi connectivity index (χ2v) is 6.39. The van der Waals surface area contributed by atoms with Crippen molar-refractivity contribution in [3.8, 4) is 0 Å². The summed E-state index contributed by atoms with van der Waals surface area (Å²) in [6.07, 6.45) is 2.57. The fourth-order valence-electron chi connectivity index (χ4n) is 1.59. The minimum Gasteiger partial charge on any atom is -0.385 e. The van der Waals surface area contributed by atoms with Crippen LogP contribution in [0.4, 0.5) is 0 Å². The van der Waals surface area contributed by atoms with E-state index in [-0.39, 0.29) is 5.75 Å². The Morgan fingerprint density at radius 1 is 1.25 bits per heavy atom. The fourth-order valence-corrected chi connectivity index (χ4v) is 2.49. The van der Waals surface area contributed by atoms with Crippen LogP contribution in [0.3, 0.4) is 0 Å². The zero-order chi connectivity index (χ0) is 12.4. The molecule has 0 aliphatic carbocycles. The highest BCUT2D eigenvalue weighted by Crippen LogP contribution is 2.05.